The fourth-order valence-electron chi connectivity index (χ4n) is 1.73. The van der Waals surface area contributed by atoms with Crippen molar-refractivity contribution in [2.75, 3.05) is 13.1 Å². The van der Waals surface area contributed by atoms with Gasteiger partial charge in [0.25, 0.3) is 5.69 Å². The van der Waals surface area contributed by atoms with Crippen LogP contribution in [0.1, 0.15) is 19.3 Å². The van der Waals surface area contributed by atoms with Crippen LogP contribution in [-0.4, -0.2) is 22.3 Å². The maximum Gasteiger partial charge on any atom is 0.269 e. The normalized spacial score (nSPS) is 17.2. The smallest absolute Gasteiger partial charge is 0.258 e. The van der Waals surface area contributed by atoms with E-state index in [-0.39, 0.29) is 10.6 Å². The highest BCUT2D eigenvalue weighted by Gasteiger charge is 2.12. The van der Waals surface area contributed by atoms with Crippen LogP contribution in [0.3, 0.4) is 0 Å². The van der Waals surface area contributed by atoms with Crippen LogP contribution in [0, 0.1) is 10.1 Å². The zero-order valence-electron chi connectivity index (χ0n) is 8.96. The molecule has 1 aromatic carbocycles. The SMILES string of the molecule is O=[N+]([O-])c1ccc(SN2CCCCC2)cc1. The average molecular weight is 238 g/mol. The molecule has 0 unspecified atom stereocenters. The Morgan fingerprint density at radius 2 is 1.75 bits per heavy atom. The third-order valence-electron chi connectivity index (χ3n) is 2.60. The van der Waals surface area contributed by atoms with Crippen LogP contribution in [0.5, 0.6) is 0 Å². The molecule has 0 atom stereocenters. The van der Waals surface area contributed by atoms with Gasteiger partial charge in [0.05, 0.1) is 4.92 Å². The molecule has 5 heteroatoms. The van der Waals surface area contributed by atoms with Crippen molar-refractivity contribution in [1.29, 1.82) is 0 Å². The zero-order valence-corrected chi connectivity index (χ0v) is 9.78. The first kappa shape index (κ1) is 11.4. The van der Waals surface area contributed by atoms with Gasteiger partial charge in [0.15, 0.2) is 0 Å². The van der Waals surface area contributed by atoms with Crippen LogP contribution >= 0.6 is 11.9 Å². The Morgan fingerprint density at radius 3 is 2.31 bits per heavy atom. The predicted octanol–water partition coefficient (Wildman–Crippen LogP) is 3.09. The van der Waals surface area contributed by atoms with E-state index in [9.17, 15) is 10.1 Å². The molecule has 0 bridgehead atoms. The summed E-state index contributed by atoms with van der Waals surface area (Å²) >= 11 is 1.70. The van der Waals surface area contributed by atoms with Gasteiger partial charge >= 0.3 is 0 Å². The third kappa shape index (κ3) is 2.96. The summed E-state index contributed by atoms with van der Waals surface area (Å²) in [4.78, 5) is 11.2. The number of rotatable bonds is 3. The number of nitro benzene ring substituents is 1. The maximum absolute atomic E-state index is 10.5. The Bertz CT molecular complexity index is 361. The highest BCUT2D eigenvalue weighted by molar-refractivity contribution is 7.97. The minimum atomic E-state index is -0.366. The molecule has 1 aliphatic heterocycles. The molecule has 1 heterocycles. The molecule has 86 valence electrons. The van der Waals surface area contributed by atoms with E-state index >= 15 is 0 Å². The van der Waals surface area contributed by atoms with Crippen LogP contribution in [0.4, 0.5) is 5.69 Å². The molecule has 1 aliphatic rings. The molecule has 0 radical (unpaired) electrons. The van der Waals surface area contributed by atoms with Crippen LogP contribution in [0.25, 0.3) is 0 Å². The van der Waals surface area contributed by atoms with Gasteiger partial charge in [-0.2, -0.15) is 0 Å². The quantitative estimate of drug-likeness (QED) is 0.461. The van der Waals surface area contributed by atoms with Gasteiger partial charge in [-0.3, -0.25) is 10.1 Å². The summed E-state index contributed by atoms with van der Waals surface area (Å²) in [6, 6.07) is 6.76. The molecule has 0 aliphatic carbocycles. The van der Waals surface area contributed by atoms with E-state index < -0.39 is 0 Å². The molecular formula is C11H14N2O2S. The molecule has 16 heavy (non-hydrogen) atoms. The van der Waals surface area contributed by atoms with Crippen molar-refractivity contribution in [2.24, 2.45) is 0 Å². The minimum Gasteiger partial charge on any atom is -0.258 e. The second-order valence-electron chi connectivity index (χ2n) is 3.83. The lowest BCUT2D eigenvalue weighted by molar-refractivity contribution is -0.384. The Morgan fingerprint density at radius 1 is 1.12 bits per heavy atom. The van der Waals surface area contributed by atoms with Crippen molar-refractivity contribution < 1.29 is 4.92 Å². The molecule has 0 aromatic heterocycles. The lowest BCUT2D eigenvalue weighted by atomic mass is 10.2. The van der Waals surface area contributed by atoms with E-state index in [1.54, 1.807) is 24.1 Å². The number of hydrogen-bond acceptors (Lipinski definition) is 4. The summed E-state index contributed by atoms with van der Waals surface area (Å²) in [5, 5.41) is 10.5. The molecule has 1 saturated heterocycles. The topological polar surface area (TPSA) is 46.4 Å². The van der Waals surface area contributed by atoms with Crippen molar-refractivity contribution in [3.05, 3.63) is 34.4 Å². The summed E-state index contributed by atoms with van der Waals surface area (Å²) in [6.45, 7) is 2.23. The number of non-ortho nitro benzene ring substituents is 1. The molecular weight excluding hydrogens is 224 g/mol. The Kier molecular flexibility index (Phi) is 3.79. The molecule has 0 amide bonds. The van der Waals surface area contributed by atoms with Gasteiger partial charge in [0, 0.05) is 30.1 Å². The van der Waals surface area contributed by atoms with Crippen LogP contribution in [0.2, 0.25) is 0 Å². The number of benzene rings is 1. The molecule has 0 spiro atoms. The number of piperidine rings is 1. The fourth-order valence-corrected chi connectivity index (χ4v) is 2.73. The second-order valence-corrected chi connectivity index (χ2v) is 5.00. The molecule has 4 nitrogen and oxygen atoms in total. The molecule has 2 rings (SSSR count). The monoisotopic (exact) mass is 238 g/mol. The van der Waals surface area contributed by atoms with E-state index in [2.05, 4.69) is 4.31 Å². The summed E-state index contributed by atoms with van der Waals surface area (Å²) in [5.74, 6) is 0. The van der Waals surface area contributed by atoms with E-state index in [1.165, 1.54) is 19.3 Å². The lowest BCUT2D eigenvalue weighted by Gasteiger charge is -2.24. The fraction of sp³-hybridized carbons (Fsp3) is 0.455. The van der Waals surface area contributed by atoms with Gasteiger partial charge in [-0.05, 0) is 36.9 Å². The van der Waals surface area contributed by atoms with Gasteiger partial charge in [-0.1, -0.05) is 6.42 Å². The Balaban J connectivity index is 1.96. The largest absolute Gasteiger partial charge is 0.269 e. The average Bonchev–Trinajstić information content (AvgIpc) is 2.31. The van der Waals surface area contributed by atoms with Gasteiger partial charge in [0.2, 0.25) is 0 Å². The molecule has 0 saturated carbocycles. The van der Waals surface area contributed by atoms with E-state index in [1.807, 2.05) is 12.1 Å². The highest BCUT2D eigenvalue weighted by Crippen LogP contribution is 2.27. The number of nitro groups is 1. The first-order chi connectivity index (χ1) is 7.75. The van der Waals surface area contributed by atoms with E-state index in [4.69, 9.17) is 0 Å². The van der Waals surface area contributed by atoms with E-state index in [0.717, 1.165) is 18.0 Å². The molecule has 0 N–H and O–H groups in total. The first-order valence-electron chi connectivity index (χ1n) is 5.43. The summed E-state index contributed by atoms with van der Waals surface area (Å²) in [5.41, 5.74) is 0.156. The maximum atomic E-state index is 10.5. The summed E-state index contributed by atoms with van der Waals surface area (Å²) < 4.78 is 2.32. The van der Waals surface area contributed by atoms with Crippen molar-refractivity contribution in [3.63, 3.8) is 0 Å². The minimum absolute atomic E-state index is 0.156. The third-order valence-corrected chi connectivity index (χ3v) is 3.70. The Hall–Kier alpha value is -1.07. The molecule has 1 aromatic rings. The second kappa shape index (κ2) is 5.32. The van der Waals surface area contributed by atoms with Crippen LogP contribution in [0.15, 0.2) is 29.2 Å². The van der Waals surface area contributed by atoms with Crippen LogP contribution < -0.4 is 0 Å². The van der Waals surface area contributed by atoms with Gasteiger partial charge < -0.3 is 0 Å². The summed E-state index contributed by atoms with van der Waals surface area (Å²) in [6.07, 6.45) is 3.82. The van der Waals surface area contributed by atoms with Crippen molar-refractivity contribution in [3.8, 4) is 0 Å². The standard InChI is InChI=1S/C11H14N2O2S/c14-13(15)10-4-6-11(7-5-10)16-12-8-2-1-3-9-12/h4-7H,1-3,8-9H2. The van der Waals surface area contributed by atoms with Crippen molar-refractivity contribution in [1.82, 2.24) is 4.31 Å². The predicted molar refractivity (Wildman–Crippen MR) is 64.4 cm³/mol. The van der Waals surface area contributed by atoms with Crippen molar-refractivity contribution in [2.45, 2.75) is 24.2 Å². The van der Waals surface area contributed by atoms with E-state index in [0.29, 0.717) is 0 Å². The summed E-state index contributed by atoms with van der Waals surface area (Å²) in [7, 11) is 0. The molecule has 1 fully saturated rings. The lowest BCUT2D eigenvalue weighted by Crippen LogP contribution is -2.22. The number of hydrogen-bond donors (Lipinski definition) is 0. The van der Waals surface area contributed by atoms with Gasteiger partial charge in [0.1, 0.15) is 0 Å². The number of nitrogens with zero attached hydrogens (tertiary/aromatic N) is 2. The Labute approximate surface area is 98.9 Å². The highest BCUT2D eigenvalue weighted by atomic mass is 32.2. The van der Waals surface area contributed by atoms with Crippen molar-refractivity contribution >= 4 is 17.6 Å². The van der Waals surface area contributed by atoms with Gasteiger partial charge in [-0.25, -0.2) is 4.31 Å². The first-order valence-corrected chi connectivity index (χ1v) is 6.20. The van der Waals surface area contributed by atoms with Crippen LogP contribution in [-0.2, 0) is 0 Å². The zero-order chi connectivity index (χ0) is 11.4. The van der Waals surface area contributed by atoms with Gasteiger partial charge in [-0.15, -0.1) is 0 Å².